The highest BCUT2D eigenvalue weighted by Gasteiger charge is 2.25. The van der Waals surface area contributed by atoms with Gasteiger partial charge in [0.2, 0.25) is 10.0 Å². The highest BCUT2D eigenvalue weighted by atomic mass is 79.9. The number of rotatable bonds is 9. The first-order chi connectivity index (χ1) is 14.4. The zero-order chi connectivity index (χ0) is 21.6. The first kappa shape index (κ1) is 24.0. The lowest BCUT2D eigenvalue weighted by atomic mass is 9.84. The molecule has 170 valence electrons. The van der Waals surface area contributed by atoms with Gasteiger partial charge in [0.25, 0.3) is 0 Å². The second-order valence-electron chi connectivity index (χ2n) is 8.97. The van der Waals surface area contributed by atoms with Crippen molar-refractivity contribution in [3.63, 3.8) is 0 Å². The van der Waals surface area contributed by atoms with Crippen molar-refractivity contribution in [2.45, 2.75) is 64.3 Å². The number of halogens is 1. The number of benzene rings is 1. The van der Waals surface area contributed by atoms with Gasteiger partial charge in [-0.1, -0.05) is 15.9 Å². The third-order valence-electron chi connectivity index (χ3n) is 6.90. The Kier molecular flexibility index (Phi) is 9.05. The molecule has 7 heteroatoms. The highest BCUT2D eigenvalue weighted by molar-refractivity contribution is 9.10. The Balaban J connectivity index is 1.35. The molecule has 1 saturated carbocycles. The van der Waals surface area contributed by atoms with Gasteiger partial charge in [-0.3, -0.25) is 0 Å². The lowest BCUT2D eigenvalue weighted by molar-refractivity contribution is 0.164. The van der Waals surface area contributed by atoms with Gasteiger partial charge in [0.1, 0.15) is 5.75 Å². The van der Waals surface area contributed by atoms with E-state index in [0.29, 0.717) is 0 Å². The van der Waals surface area contributed by atoms with E-state index in [-0.39, 0.29) is 11.8 Å². The van der Waals surface area contributed by atoms with Gasteiger partial charge in [0.15, 0.2) is 0 Å². The second kappa shape index (κ2) is 11.3. The Hall–Kier alpha value is -0.630. The molecule has 1 N–H and O–H groups in total. The van der Waals surface area contributed by atoms with Crippen LogP contribution in [0.25, 0.3) is 0 Å². The summed E-state index contributed by atoms with van der Waals surface area (Å²) in [5.41, 5.74) is 1.35. The smallest absolute Gasteiger partial charge is 0.211 e. The van der Waals surface area contributed by atoms with Crippen molar-refractivity contribution in [3.05, 3.63) is 28.2 Å². The van der Waals surface area contributed by atoms with Gasteiger partial charge in [0, 0.05) is 10.5 Å². The van der Waals surface area contributed by atoms with E-state index in [1.807, 2.05) is 6.07 Å². The van der Waals surface area contributed by atoms with Crippen molar-refractivity contribution in [1.82, 2.24) is 9.62 Å². The van der Waals surface area contributed by atoms with Crippen LogP contribution in [-0.2, 0) is 16.4 Å². The van der Waals surface area contributed by atoms with Crippen LogP contribution >= 0.6 is 15.9 Å². The number of methoxy groups -OCH3 is 1. The standard InChI is InChI=1S/C23H37BrN2O3S/c1-3-30(27,28)25-21-6-4-18(5-7-21)10-13-26-14-11-19(12-15-26)16-20-17-22(29-2)8-9-23(20)24/h8-9,17-19,21,25H,3-7,10-16H2,1-2H3/t18-,21-. The van der Waals surface area contributed by atoms with E-state index >= 15 is 0 Å². The van der Waals surface area contributed by atoms with Crippen molar-refractivity contribution < 1.29 is 13.2 Å². The Morgan fingerprint density at radius 3 is 2.43 bits per heavy atom. The normalized spacial score (nSPS) is 24.1. The average molecular weight is 502 g/mol. The molecule has 30 heavy (non-hydrogen) atoms. The van der Waals surface area contributed by atoms with Gasteiger partial charge in [-0.15, -0.1) is 0 Å². The van der Waals surface area contributed by atoms with Crippen LogP contribution in [0.4, 0.5) is 0 Å². The zero-order valence-electron chi connectivity index (χ0n) is 18.4. The molecule has 3 rings (SSSR count). The fourth-order valence-electron chi connectivity index (χ4n) is 4.83. The summed E-state index contributed by atoms with van der Waals surface area (Å²) in [4.78, 5) is 2.63. The summed E-state index contributed by atoms with van der Waals surface area (Å²) in [6.07, 6.45) is 9.16. The van der Waals surface area contributed by atoms with Crippen LogP contribution in [0, 0.1) is 11.8 Å². The van der Waals surface area contributed by atoms with Gasteiger partial charge in [-0.2, -0.15) is 0 Å². The quantitative estimate of drug-likeness (QED) is 0.538. The number of sulfonamides is 1. The summed E-state index contributed by atoms with van der Waals surface area (Å²) in [5.74, 6) is 2.60. The summed E-state index contributed by atoms with van der Waals surface area (Å²) in [5, 5.41) is 0. The number of piperidine rings is 1. The Morgan fingerprint density at radius 2 is 1.80 bits per heavy atom. The van der Waals surface area contributed by atoms with Crippen LogP contribution in [-0.4, -0.2) is 51.9 Å². The predicted octanol–water partition coefficient (Wildman–Crippen LogP) is 4.60. The van der Waals surface area contributed by atoms with E-state index in [0.717, 1.165) is 49.7 Å². The first-order valence-corrected chi connectivity index (χ1v) is 13.9. The summed E-state index contributed by atoms with van der Waals surface area (Å²) in [6.45, 7) is 5.27. The first-order valence-electron chi connectivity index (χ1n) is 11.4. The van der Waals surface area contributed by atoms with Crippen LogP contribution in [0.3, 0.4) is 0 Å². The zero-order valence-corrected chi connectivity index (χ0v) is 20.8. The molecule has 2 aliphatic rings. The van der Waals surface area contributed by atoms with Crippen molar-refractivity contribution >= 4 is 26.0 Å². The fraction of sp³-hybridized carbons (Fsp3) is 0.739. The molecule has 5 nitrogen and oxygen atoms in total. The van der Waals surface area contributed by atoms with E-state index in [1.165, 1.54) is 48.9 Å². The second-order valence-corrected chi connectivity index (χ2v) is 11.9. The molecule has 2 fully saturated rings. The molecule has 0 radical (unpaired) electrons. The molecule has 1 aliphatic carbocycles. The molecule has 0 spiro atoms. The van der Waals surface area contributed by atoms with Crippen LogP contribution in [0.5, 0.6) is 5.75 Å². The van der Waals surface area contributed by atoms with Crippen molar-refractivity contribution in [1.29, 1.82) is 0 Å². The highest BCUT2D eigenvalue weighted by Crippen LogP contribution is 2.30. The molecular weight excluding hydrogens is 464 g/mol. The molecule has 1 aromatic rings. The minimum atomic E-state index is -3.07. The Bertz CT molecular complexity index is 771. The van der Waals surface area contributed by atoms with Crippen LogP contribution in [0.2, 0.25) is 0 Å². The lowest BCUT2D eigenvalue weighted by Crippen LogP contribution is -2.39. The third kappa shape index (κ3) is 7.21. The number of nitrogens with one attached hydrogen (secondary N) is 1. The molecule has 0 bridgehead atoms. The maximum atomic E-state index is 11.7. The predicted molar refractivity (Wildman–Crippen MR) is 127 cm³/mol. The van der Waals surface area contributed by atoms with Gasteiger partial charge in [-0.05, 0) is 114 Å². The van der Waals surface area contributed by atoms with Gasteiger partial charge >= 0.3 is 0 Å². The molecule has 0 amide bonds. The molecule has 0 unspecified atom stereocenters. The Labute approximate surface area is 191 Å². The summed E-state index contributed by atoms with van der Waals surface area (Å²) < 4.78 is 32.9. The molecular formula is C23H37BrN2O3S. The maximum absolute atomic E-state index is 11.7. The van der Waals surface area contributed by atoms with Gasteiger partial charge in [-0.25, -0.2) is 13.1 Å². The van der Waals surface area contributed by atoms with E-state index < -0.39 is 10.0 Å². The average Bonchev–Trinajstić information content (AvgIpc) is 2.75. The Morgan fingerprint density at radius 1 is 1.10 bits per heavy atom. The minimum absolute atomic E-state index is 0.151. The van der Waals surface area contributed by atoms with Gasteiger partial charge in [0.05, 0.1) is 12.9 Å². The number of ether oxygens (including phenoxy) is 1. The molecule has 1 aromatic carbocycles. The third-order valence-corrected chi connectivity index (χ3v) is 9.12. The number of nitrogens with zero attached hydrogens (tertiary/aromatic N) is 1. The van der Waals surface area contributed by atoms with E-state index in [2.05, 4.69) is 37.7 Å². The molecule has 1 heterocycles. The number of likely N-dealkylation sites (tertiary alicyclic amines) is 1. The number of hydrogen-bond donors (Lipinski definition) is 1. The van der Waals surface area contributed by atoms with E-state index in [9.17, 15) is 8.42 Å². The van der Waals surface area contributed by atoms with E-state index in [1.54, 1.807) is 14.0 Å². The monoisotopic (exact) mass is 500 g/mol. The molecule has 0 aromatic heterocycles. The number of hydrogen-bond acceptors (Lipinski definition) is 4. The minimum Gasteiger partial charge on any atom is -0.497 e. The molecule has 0 atom stereocenters. The van der Waals surface area contributed by atoms with Crippen molar-refractivity contribution in [2.24, 2.45) is 11.8 Å². The molecule has 1 saturated heterocycles. The van der Waals surface area contributed by atoms with E-state index in [4.69, 9.17) is 4.74 Å². The summed E-state index contributed by atoms with van der Waals surface area (Å²) in [6, 6.07) is 6.40. The fourth-order valence-corrected chi connectivity index (χ4v) is 6.15. The SMILES string of the molecule is CCS(=O)(=O)N[C@H]1CC[C@H](CCN2CCC(Cc3cc(OC)ccc3Br)CC2)CC1. The van der Waals surface area contributed by atoms with Crippen molar-refractivity contribution in [2.75, 3.05) is 32.5 Å². The summed E-state index contributed by atoms with van der Waals surface area (Å²) in [7, 11) is -1.35. The lowest BCUT2D eigenvalue weighted by Gasteiger charge is -2.34. The van der Waals surface area contributed by atoms with Crippen molar-refractivity contribution in [3.8, 4) is 5.75 Å². The largest absolute Gasteiger partial charge is 0.497 e. The maximum Gasteiger partial charge on any atom is 0.211 e. The van der Waals surface area contributed by atoms with Crippen LogP contribution in [0.1, 0.15) is 57.4 Å². The summed E-state index contributed by atoms with van der Waals surface area (Å²) >= 11 is 3.69. The topological polar surface area (TPSA) is 58.6 Å². The van der Waals surface area contributed by atoms with Crippen LogP contribution < -0.4 is 9.46 Å². The van der Waals surface area contributed by atoms with Crippen LogP contribution in [0.15, 0.2) is 22.7 Å². The molecule has 1 aliphatic heterocycles. The van der Waals surface area contributed by atoms with Gasteiger partial charge < -0.3 is 9.64 Å².